The molecule has 1 fully saturated rings. The van der Waals surface area contributed by atoms with Crippen molar-refractivity contribution in [3.8, 4) is 0 Å². The number of halogens is 1. The fraction of sp³-hybridized carbons (Fsp3) is 0.609. The summed E-state index contributed by atoms with van der Waals surface area (Å²) in [4.78, 5) is 26.5. The van der Waals surface area contributed by atoms with Crippen LogP contribution in [-0.4, -0.2) is 72.8 Å². The average molecular weight is 448 g/mol. The maximum absolute atomic E-state index is 12.3. The number of anilines is 1. The maximum Gasteiger partial charge on any atom is 0.221 e. The van der Waals surface area contributed by atoms with Gasteiger partial charge in [0.05, 0.1) is 18.7 Å². The minimum absolute atomic E-state index is 0.0605. The number of aromatic nitrogens is 2. The smallest absolute Gasteiger partial charge is 0.221 e. The summed E-state index contributed by atoms with van der Waals surface area (Å²) in [6.45, 7) is 12.0. The first kappa shape index (κ1) is 23.7. The van der Waals surface area contributed by atoms with Crippen LogP contribution in [0.1, 0.15) is 39.4 Å². The number of carbonyl (C=O) groups is 1. The van der Waals surface area contributed by atoms with Gasteiger partial charge in [0.15, 0.2) is 0 Å². The number of carbonyl (C=O) groups excluding carboxylic acids is 1. The number of aryl methyl sites for hydroxylation is 1. The molecule has 7 nitrogen and oxygen atoms in total. The van der Waals surface area contributed by atoms with E-state index in [0.29, 0.717) is 18.0 Å². The van der Waals surface area contributed by atoms with Crippen LogP contribution in [0.4, 0.5) is 5.82 Å². The third-order valence-electron chi connectivity index (χ3n) is 5.37. The van der Waals surface area contributed by atoms with E-state index >= 15 is 0 Å². The Morgan fingerprint density at radius 1 is 1.26 bits per heavy atom. The van der Waals surface area contributed by atoms with Crippen molar-refractivity contribution in [1.29, 1.82) is 0 Å². The van der Waals surface area contributed by atoms with Gasteiger partial charge in [-0.05, 0) is 38.5 Å². The van der Waals surface area contributed by atoms with Crippen molar-refractivity contribution in [2.24, 2.45) is 0 Å². The molecule has 1 aromatic carbocycles. The van der Waals surface area contributed by atoms with Crippen LogP contribution in [0.25, 0.3) is 10.9 Å². The van der Waals surface area contributed by atoms with Crippen molar-refractivity contribution in [3.63, 3.8) is 0 Å². The van der Waals surface area contributed by atoms with Gasteiger partial charge in [0.25, 0.3) is 0 Å². The minimum atomic E-state index is 0.0605. The molecule has 31 heavy (non-hydrogen) atoms. The topological polar surface area (TPSA) is 70.6 Å². The largest absolute Gasteiger partial charge is 0.379 e. The first-order chi connectivity index (χ1) is 15.0. The second kappa shape index (κ2) is 11.6. The van der Waals surface area contributed by atoms with Gasteiger partial charge in [0.2, 0.25) is 5.91 Å². The summed E-state index contributed by atoms with van der Waals surface area (Å²) in [7, 11) is 0. The Labute approximate surface area is 190 Å². The zero-order valence-corrected chi connectivity index (χ0v) is 19.6. The Kier molecular flexibility index (Phi) is 8.87. The quantitative estimate of drug-likeness (QED) is 0.602. The molecule has 0 radical (unpaired) electrons. The van der Waals surface area contributed by atoms with Crippen LogP contribution in [0.15, 0.2) is 18.2 Å². The van der Waals surface area contributed by atoms with Crippen LogP contribution in [0.5, 0.6) is 0 Å². The summed E-state index contributed by atoms with van der Waals surface area (Å²) in [6.07, 6.45) is 2.16. The van der Waals surface area contributed by atoms with Crippen molar-refractivity contribution in [3.05, 3.63) is 29.0 Å². The minimum Gasteiger partial charge on any atom is -0.379 e. The lowest BCUT2D eigenvalue weighted by molar-refractivity contribution is -0.121. The SMILES string of the molecule is CCc1nc(N(CCCN2CCOCC2)CCC(=O)NC(C)C)c2ccc(Cl)cc2n1. The summed E-state index contributed by atoms with van der Waals surface area (Å²) in [5.74, 6) is 1.73. The third-order valence-corrected chi connectivity index (χ3v) is 5.60. The van der Waals surface area contributed by atoms with Crippen LogP contribution in [0.2, 0.25) is 5.02 Å². The number of nitrogens with zero attached hydrogens (tertiary/aromatic N) is 4. The number of ether oxygens (including phenoxy) is 1. The number of morpholine rings is 1. The van der Waals surface area contributed by atoms with Gasteiger partial charge in [0, 0.05) is 62.0 Å². The molecule has 1 amide bonds. The lowest BCUT2D eigenvalue weighted by atomic mass is 10.2. The van der Waals surface area contributed by atoms with Gasteiger partial charge in [-0.15, -0.1) is 0 Å². The molecule has 1 aromatic heterocycles. The number of nitrogens with one attached hydrogen (secondary N) is 1. The van der Waals surface area contributed by atoms with E-state index < -0.39 is 0 Å². The molecule has 3 rings (SSSR count). The number of rotatable bonds is 10. The Morgan fingerprint density at radius 2 is 2.03 bits per heavy atom. The molecule has 170 valence electrons. The Bertz CT molecular complexity index is 870. The zero-order chi connectivity index (χ0) is 22.2. The zero-order valence-electron chi connectivity index (χ0n) is 18.9. The van der Waals surface area contributed by atoms with Crippen LogP contribution in [-0.2, 0) is 16.0 Å². The normalized spacial score (nSPS) is 14.9. The van der Waals surface area contributed by atoms with Gasteiger partial charge in [-0.3, -0.25) is 9.69 Å². The van der Waals surface area contributed by atoms with Gasteiger partial charge in [0.1, 0.15) is 11.6 Å². The first-order valence-corrected chi connectivity index (χ1v) is 11.6. The number of amides is 1. The van der Waals surface area contributed by atoms with E-state index in [4.69, 9.17) is 21.3 Å². The van der Waals surface area contributed by atoms with Crippen molar-refractivity contribution < 1.29 is 9.53 Å². The van der Waals surface area contributed by atoms with E-state index in [9.17, 15) is 4.79 Å². The maximum atomic E-state index is 12.3. The highest BCUT2D eigenvalue weighted by Gasteiger charge is 2.17. The van der Waals surface area contributed by atoms with E-state index in [0.717, 1.165) is 74.8 Å². The predicted molar refractivity (Wildman–Crippen MR) is 126 cm³/mol. The average Bonchev–Trinajstić information content (AvgIpc) is 2.75. The Hall–Kier alpha value is -1.96. The van der Waals surface area contributed by atoms with Crippen LogP contribution in [0, 0.1) is 0 Å². The standard InChI is InChI=1S/C23H34ClN5O2/c1-4-21-26-20-16-18(24)6-7-19(20)23(27-21)29(11-8-22(30)25-17(2)3)10-5-9-28-12-14-31-15-13-28/h6-7,16-17H,4-5,8-15H2,1-3H3,(H,25,30). The number of hydrogen-bond donors (Lipinski definition) is 1. The molecule has 0 atom stereocenters. The van der Waals surface area contributed by atoms with E-state index in [-0.39, 0.29) is 11.9 Å². The second-order valence-corrected chi connectivity index (χ2v) is 8.68. The summed E-state index contributed by atoms with van der Waals surface area (Å²) in [6, 6.07) is 5.88. The highest BCUT2D eigenvalue weighted by Crippen LogP contribution is 2.27. The first-order valence-electron chi connectivity index (χ1n) is 11.3. The fourth-order valence-electron chi connectivity index (χ4n) is 3.80. The molecule has 0 bridgehead atoms. The van der Waals surface area contributed by atoms with Gasteiger partial charge < -0.3 is 15.0 Å². The summed E-state index contributed by atoms with van der Waals surface area (Å²) in [5.41, 5.74) is 0.846. The van der Waals surface area contributed by atoms with Gasteiger partial charge in [-0.1, -0.05) is 18.5 Å². The van der Waals surface area contributed by atoms with E-state index in [1.165, 1.54) is 0 Å². The number of benzene rings is 1. The summed E-state index contributed by atoms with van der Waals surface area (Å²) in [5, 5.41) is 4.62. The van der Waals surface area contributed by atoms with Crippen LogP contribution < -0.4 is 10.2 Å². The lowest BCUT2D eigenvalue weighted by Gasteiger charge is -2.29. The molecule has 2 heterocycles. The summed E-state index contributed by atoms with van der Waals surface area (Å²) < 4.78 is 5.45. The monoisotopic (exact) mass is 447 g/mol. The molecule has 1 saturated heterocycles. The van der Waals surface area contributed by atoms with Crippen molar-refractivity contribution in [2.45, 2.75) is 46.1 Å². The molecular weight excluding hydrogens is 414 g/mol. The molecule has 1 N–H and O–H groups in total. The van der Waals surface area contributed by atoms with Gasteiger partial charge >= 0.3 is 0 Å². The highest BCUT2D eigenvalue weighted by molar-refractivity contribution is 6.31. The Morgan fingerprint density at radius 3 is 2.74 bits per heavy atom. The Balaban J connectivity index is 1.80. The van der Waals surface area contributed by atoms with Gasteiger partial charge in [-0.25, -0.2) is 9.97 Å². The van der Waals surface area contributed by atoms with Crippen LogP contribution in [0.3, 0.4) is 0 Å². The van der Waals surface area contributed by atoms with Crippen LogP contribution >= 0.6 is 11.6 Å². The number of hydrogen-bond acceptors (Lipinski definition) is 6. The van der Waals surface area contributed by atoms with Crippen molar-refractivity contribution >= 4 is 34.2 Å². The molecule has 0 unspecified atom stereocenters. The highest BCUT2D eigenvalue weighted by atomic mass is 35.5. The molecule has 8 heteroatoms. The van der Waals surface area contributed by atoms with Crippen molar-refractivity contribution in [2.75, 3.05) is 50.8 Å². The lowest BCUT2D eigenvalue weighted by Crippen LogP contribution is -2.39. The van der Waals surface area contributed by atoms with Crippen molar-refractivity contribution in [1.82, 2.24) is 20.2 Å². The molecule has 0 aliphatic carbocycles. The van der Waals surface area contributed by atoms with Gasteiger partial charge in [-0.2, -0.15) is 0 Å². The van der Waals surface area contributed by atoms with E-state index in [1.54, 1.807) is 0 Å². The summed E-state index contributed by atoms with van der Waals surface area (Å²) >= 11 is 6.22. The fourth-order valence-corrected chi connectivity index (χ4v) is 3.96. The van der Waals surface area contributed by atoms with E-state index in [2.05, 4.69) is 20.1 Å². The molecule has 0 spiro atoms. The van der Waals surface area contributed by atoms with E-state index in [1.807, 2.05) is 39.0 Å². The molecule has 1 aliphatic heterocycles. The second-order valence-electron chi connectivity index (χ2n) is 8.25. The third kappa shape index (κ3) is 7.02. The molecule has 0 saturated carbocycles. The molecule has 2 aromatic rings. The predicted octanol–water partition coefficient (Wildman–Crippen LogP) is 3.29. The number of fused-ring (bicyclic) bond motifs is 1. The molecule has 1 aliphatic rings. The molecular formula is C23H34ClN5O2.